The maximum absolute atomic E-state index is 2.51. The van der Waals surface area contributed by atoms with E-state index in [2.05, 4.69) is 217 Å². The van der Waals surface area contributed by atoms with Crippen LogP contribution in [0.2, 0.25) is 0 Å². The predicted octanol–water partition coefficient (Wildman–Crippen LogP) is 15.1. The summed E-state index contributed by atoms with van der Waals surface area (Å²) in [5, 5.41) is 7.48. The lowest BCUT2D eigenvalue weighted by atomic mass is 9.59. The molecule has 1 unspecified atom stereocenters. The molecule has 10 aromatic rings. The van der Waals surface area contributed by atoms with Crippen molar-refractivity contribution in [3.8, 4) is 22.3 Å². The number of fused-ring (bicyclic) bond motifs is 10. The zero-order chi connectivity index (χ0) is 37.5. The van der Waals surface area contributed by atoms with Crippen molar-refractivity contribution in [1.82, 2.24) is 0 Å². The third kappa shape index (κ3) is 4.78. The predicted molar refractivity (Wildman–Crippen MR) is 241 cm³/mol. The van der Waals surface area contributed by atoms with Gasteiger partial charge in [0.15, 0.2) is 0 Å². The van der Waals surface area contributed by atoms with Crippen LogP contribution in [0.5, 0.6) is 0 Å². The molecular formula is C55H35NS. The lowest BCUT2D eigenvalue weighted by Crippen LogP contribution is -2.36. The van der Waals surface area contributed by atoms with E-state index >= 15 is 0 Å². The molecule has 0 N–H and O–H groups in total. The monoisotopic (exact) mass is 741 g/mol. The van der Waals surface area contributed by atoms with Crippen LogP contribution >= 0.6 is 11.8 Å². The van der Waals surface area contributed by atoms with E-state index in [1.54, 1.807) is 0 Å². The molecule has 10 aromatic carbocycles. The normalized spacial score (nSPS) is 15.0. The quantitative estimate of drug-likeness (QED) is 0.177. The average Bonchev–Trinajstić information content (AvgIpc) is 3.28. The van der Waals surface area contributed by atoms with Crippen molar-refractivity contribution in [2.45, 2.75) is 15.2 Å². The molecule has 0 saturated carbocycles. The topological polar surface area (TPSA) is 3.24 Å². The minimum Gasteiger partial charge on any atom is -0.310 e. The molecule has 0 saturated heterocycles. The summed E-state index contributed by atoms with van der Waals surface area (Å²) in [5.41, 5.74) is 13.3. The SMILES string of the molecule is c1ccc(-c2ccc3cc(N(c4ccc5c(c4)C4(c6ccccc6S5)c5ccccc5-c5cccc6cccc4c56)c4cccc5ccccc45)ccc3c2)cc1. The molecule has 0 radical (unpaired) electrons. The molecule has 0 fully saturated rings. The maximum atomic E-state index is 2.51. The first kappa shape index (κ1) is 32.4. The van der Waals surface area contributed by atoms with Crippen LogP contribution in [0.4, 0.5) is 17.1 Å². The number of benzene rings is 10. The van der Waals surface area contributed by atoms with Gasteiger partial charge in [-0.2, -0.15) is 0 Å². The molecular weight excluding hydrogens is 707 g/mol. The van der Waals surface area contributed by atoms with Gasteiger partial charge in [0.25, 0.3) is 0 Å². The Morgan fingerprint density at radius 3 is 1.91 bits per heavy atom. The second-order valence-corrected chi connectivity index (χ2v) is 16.3. The van der Waals surface area contributed by atoms with E-state index in [9.17, 15) is 0 Å². The van der Waals surface area contributed by atoms with E-state index in [0.29, 0.717) is 0 Å². The first-order valence-corrected chi connectivity index (χ1v) is 20.5. The van der Waals surface area contributed by atoms with Gasteiger partial charge in [-0.25, -0.2) is 0 Å². The molecule has 1 aliphatic heterocycles. The second-order valence-electron chi connectivity index (χ2n) is 15.2. The first-order chi connectivity index (χ1) is 28.3. The van der Waals surface area contributed by atoms with Crippen molar-refractivity contribution in [2.75, 3.05) is 4.90 Å². The van der Waals surface area contributed by atoms with Crippen molar-refractivity contribution < 1.29 is 0 Å². The van der Waals surface area contributed by atoms with Crippen LogP contribution in [-0.4, -0.2) is 0 Å². The van der Waals surface area contributed by atoms with Gasteiger partial charge in [0, 0.05) is 26.6 Å². The average molecular weight is 742 g/mol. The molecule has 266 valence electrons. The van der Waals surface area contributed by atoms with Crippen LogP contribution in [0.3, 0.4) is 0 Å². The molecule has 1 heterocycles. The zero-order valence-electron chi connectivity index (χ0n) is 31.1. The number of anilines is 3. The van der Waals surface area contributed by atoms with Crippen LogP contribution < -0.4 is 4.90 Å². The van der Waals surface area contributed by atoms with E-state index in [-0.39, 0.29) is 0 Å². The van der Waals surface area contributed by atoms with Gasteiger partial charge in [0.2, 0.25) is 0 Å². The van der Waals surface area contributed by atoms with E-state index in [1.165, 1.54) is 86.6 Å². The van der Waals surface area contributed by atoms with Gasteiger partial charge < -0.3 is 4.90 Å². The minimum atomic E-state index is -0.528. The van der Waals surface area contributed by atoms with Crippen LogP contribution in [-0.2, 0) is 5.41 Å². The maximum Gasteiger partial charge on any atom is 0.0736 e. The van der Waals surface area contributed by atoms with Gasteiger partial charge in [0.05, 0.1) is 11.1 Å². The minimum absolute atomic E-state index is 0.528. The molecule has 2 aliphatic rings. The highest BCUT2D eigenvalue weighted by Crippen LogP contribution is 2.62. The summed E-state index contributed by atoms with van der Waals surface area (Å²) in [7, 11) is 0. The van der Waals surface area contributed by atoms with E-state index < -0.39 is 5.41 Å². The number of hydrogen-bond donors (Lipinski definition) is 0. The smallest absolute Gasteiger partial charge is 0.0736 e. The summed E-state index contributed by atoms with van der Waals surface area (Å²) < 4.78 is 0. The Kier molecular flexibility index (Phi) is 7.14. The Hall–Kier alpha value is -6.87. The summed E-state index contributed by atoms with van der Waals surface area (Å²) in [4.78, 5) is 5.07. The van der Waals surface area contributed by atoms with Gasteiger partial charge in [-0.15, -0.1) is 0 Å². The molecule has 0 bridgehead atoms. The zero-order valence-corrected chi connectivity index (χ0v) is 31.9. The van der Waals surface area contributed by atoms with Gasteiger partial charge in [-0.1, -0.05) is 176 Å². The standard InChI is InChI=1S/C55H35NS/c1-2-13-36(14-3-1)39-27-28-41-34-42(30-29-40(41)33-39)56(51-25-12-16-37-15-4-5-19-44(37)51)43-31-32-53-50(35-43)55(48-23-8-9-26-52(48)57-53)47-22-7-6-20-45(47)46-21-10-17-38-18-11-24-49(55)54(38)46/h1-35H. The molecule has 2 heteroatoms. The van der Waals surface area contributed by atoms with Crippen LogP contribution in [0.25, 0.3) is 54.6 Å². The lowest BCUT2D eigenvalue weighted by Gasteiger charge is -2.46. The molecule has 1 spiro atoms. The molecule has 1 aliphatic carbocycles. The highest BCUT2D eigenvalue weighted by Gasteiger charge is 2.48. The van der Waals surface area contributed by atoms with Crippen molar-refractivity contribution in [3.63, 3.8) is 0 Å². The molecule has 0 aromatic heterocycles. The van der Waals surface area contributed by atoms with Gasteiger partial charge in [-0.3, -0.25) is 0 Å². The Balaban J connectivity index is 1.14. The summed E-state index contributed by atoms with van der Waals surface area (Å²) in [6.07, 6.45) is 0. The molecule has 0 amide bonds. The number of nitrogens with zero attached hydrogens (tertiary/aromatic N) is 1. The van der Waals surface area contributed by atoms with E-state index in [1.807, 2.05) is 11.8 Å². The van der Waals surface area contributed by atoms with Crippen molar-refractivity contribution in [2.24, 2.45) is 0 Å². The van der Waals surface area contributed by atoms with Gasteiger partial charge in [-0.05, 0) is 120 Å². The second kappa shape index (κ2) is 12.6. The summed E-state index contributed by atoms with van der Waals surface area (Å²) in [6, 6.07) is 79.0. The van der Waals surface area contributed by atoms with Gasteiger partial charge >= 0.3 is 0 Å². The van der Waals surface area contributed by atoms with E-state index in [0.717, 1.165) is 17.1 Å². The third-order valence-electron chi connectivity index (χ3n) is 12.3. The van der Waals surface area contributed by atoms with Gasteiger partial charge in [0.1, 0.15) is 0 Å². The molecule has 57 heavy (non-hydrogen) atoms. The Morgan fingerprint density at radius 2 is 0.982 bits per heavy atom. The summed E-state index contributed by atoms with van der Waals surface area (Å²) in [5.74, 6) is 0. The van der Waals surface area contributed by atoms with Crippen LogP contribution in [0, 0.1) is 0 Å². The molecule has 1 nitrogen and oxygen atoms in total. The highest BCUT2D eigenvalue weighted by molar-refractivity contribution is 7.99. The summed E-state index contributed by atoms with van der Waals surface area (Å²) in [6.45, 7) is 0. The largest absolute Gasteiger partial charge is 0.310 e. The van der Waals surface area contributed by atoms with Crippen molar-refractivity contribution in [3.05, 3.63) is 235 Å². The van der Waals surface area contributed by atoms with Crippen LogP contribution in [0.1, 0.15) is 22.3 Å². The summed E-state index contributed by atoms with van der Waals surface area (Å²) >= 11 is 1.89. The molecule has 12 rings (SSSR count). The fourth-order valence-electron chi connectivity index (χ4n) is 9.83. The van der Waals surface area contributed by atoms with Crippen molar-refractivity contribution >= 4 is 61.1 Å². The van der Waals surface area contributed by atoms with Crippen LogP contribution in [0.15, 0.2) is 222 Å². The van der Waals surface area contributed by atoms with Crippen molar-refractivity contribution in [1.29, 1.82) is 0 Å². The number of rotatable bonds is 4. The Bertz CT molecular complexity index is 3230. The molecule has 1 atom stereocenters. The lowest BCUT2D eigenvalue weighted by molar-refractivity contribution is 0.707. The van der Waals surface area contributed by atoms with E-state index in [4.69, 9.17) is 0 Å². The highest BCUT2D eigenvalue weighted by atomic mass is 32.2. The number of hydrogen-bond acceptors (Lipinski definition) is 2. The fourth-order valence-corrected chi connectivity index (χ4v) is 11.0. The Morgan fingerprint density at radius 1 is 0.351 bits per heavy atom. The Labute approximate surface area is 336 Å². The first-order valence-electron chi connectivity index (χ1n) is 19.7. The fraction of sp³-hybridized carbons (Fsp3) is 0.0182. The third-order valence-corrected chi connectivity index (χ3v) is 13.4.